The van der Waals surface area contributed by atoms with Crippen molar-refractivity contribution in [3.05, 3.63) is 29.8 Å². The molecule has 2 aliphatic heterocycles. The number of likely N-dealkylation sites (tertiary alicyclic amines) is 1. The number of nitrogens with one attached hydrogen (secondary N) is 1. The fraction of sp³-hybridized carbons (Fsp3) is 0.588. The van der Waals surface area contributed by atoms with E-state index < -0.39 is 6.04 Å². The minimum atomic E-state index is -0.497. The zero-order valence-electron chi connectivity index (χ0n) is 13.3. The van der Waals surface area contributed by atoms with Crippen LogP contribution >= 0.6 is 0 Å². The van der Waals surface area contributed by atoms with Gasteiger partial charge in [-0.3, -0.25) is 4.79 Å². The maximum absolute atomic E-state index is 12.1. The van der Waals surface area contributed by atoms with Crippen LogP contribution in [-0.4, -0.2) is 42.6 Å². The van der Waals surface area contributed by atoms with E-state index in [2.05, 4.69) is 17.3 Å². The molecule has 2 unspecified atom stereocenters. The third-order valence-corrected chi connectivity index (χ3v) is 4.83. The van der Waals surface area contributed by atoms with Gasteiger partial charge in [0.25, 0.3) is 0 Å². The summed E-state index contributed by atoms with van der Waals surface area (Å²) in [6.45, 7) is 3.76. The van der Waals surface area contributed by atoms with Crippen molar-refractivity contribution in [2.24, 2.45) is 5.73 Å². The smallest absolute Gasteiger partial charge is 0.237 e. The zero-order chi connectivity index (χ0) is 15.7. The van der Waals surface area contributed by atoms with Gasteiger partial charge >= 0.3 is 0 Å². The summed E-state index contributed by atoms with van der Waals surface area (Å²) in [7, 11) is 2.14. The minimum absolute atomic E-state index is 0.0214. The SMILES string of the molecule is CC(N)C(=O)NC1CC2(CCN(C)CC2)Oc2ccccc21. The molecule has 0 aliphatic carbocycles. The topological polar surface area (TPSA) is 67.6 Å². The normalized spacial score (nSPS) is 25.1. The highest BCUT2D eigenvalue weighted by molar-refractivity contribution is 5.81. The van der Waals surface area contributed by atoms with Crippen molar-refractivity contribution < 1.29 is 9.53 Å². The van der Waals surface area contributed by atoms with E-state index in [0.29, 0.717) is 0 Å². The van der Waals surface area contributed by atoms with Gasteiger partial charge in [-0.05, 0) is 32.9 Å². The Morgan fingerprint density at radius 2 is 2.09 bits per heavy atom. The lowest BCUT2D eigenvalue weighted by Crippen LogP contribution is -2.52. The van der Waals surface area contributed by atoms with E-state index in [1.54, 1.807) is 6.92 Å². The average Bonchev–Trinajstić information content (AvgIpc) is 2.50. The molecule has 2 aliphatic rings. The molecule has 1 fully saturated rings. The van der Waals surface area contributed by atoms with Crippen molar-refractivity contribution in [1.82, 2.24) is 10.2 Å². The lowest BCUT2D eigenvalue weighted by atomic mass is 9.80. The van der Waals surface area contributed by atoms with E-state index in [0.717, 1.165) is 43.7 Å². The Balaban J connectivity index is 1.86. The third kappa shape index (κ3) is 2.96. The average molecular weight is 303 g/mol. The van der Waals surface area contributed by atoms with Crippen LogP contribution in [0, 0.1) is 0 Å². The number of carbonyl (C=O) groups is 1. The number of hydrogen-bond donors (Lipinski definition) is 2. The molecule has 3 N–H and O–H groups in total. The molecule has 0 bridgehead atoms. The molecule has 1 saturated heterocycles. The van der Waals surface area contributed by atoms with Gasteiger partial charge in [0.1, 0.15) is 11.4 Å². The number of piperidine rings is 1. The molecule has 0 aromatic heterocycles. The lowest BCUT2D eigenvalue weighted by molar-refractivity contribution is -0.123. The molecule has 5 nitrogen and oxygen atoms in total. The van der Waals surface area contributed by atoms with Crippen molar-refractivity contribution in [3.63, 3.8) is 0 Å². The minimum Gasteiger partial charge on any atom is -0.487 e. The maximum Gasteiger partial charge on any atom is 0.237 e. The number of nitrogens with two attached hydrogens (primary N) is 1. The Kier molecular flexibility index (Phi) is 4.10. The number of benzene rings is 1. The van der Waals surface area contributed by atoms with Crippen LogP contribution in [0.15, 0.2) is 24.3 Å². The Hall–Kier alpha value is -1.59. The van der Waals surface area contributed by atoms with Gasteiger partial charge in [0.05, 0.1) is 12.1 Å². The molecular formula is C17H25N3O2. The van der Waals surface area contributed by atoms with Gasteiger partial charge < -0.3 is 20.7 Å². The van der Waals surface area contributed by atoms with Crippen LogP contribution in [0.25, 0.3) is 0 Å². The molecule has 1 spiro atoms. The fourth-order valence-electron chi connectivity index (χ4n) is 3.38. The molecule has 3 rings (SSSR count). The molecule has 2 heterocycles. The van der Waals surface area contributed by atoms with E-state index in [1.165, 1.54) is 0 Å². The van der Waals surface area contributed by atoms with Crippen LogP contribution in [0.5, 0.6) is 5.75 Å². The first-order chi connectivity index (χ1) is 10.5. The van der Waals surface area contributed by atoms with Gasteiger partial charge in [0.2, 0.25) is 5.91 Å². The molecular weight excluding hydrogens is 278 g/mol. The number of nitrogens with zero attached hydrogens (tertiary/aromatic N) is 1. The lowest BCUT2D eigenvalue weighted by Gasteiger charge is -2.46. The molecule has 0 saturated carbocycles. The summed E-state index contributed by atoms with van der Waals surface area (Å²) in [5, 5.41) is 3.10. The van der Waals surface area contributed by atoms with Gasteiger partial charge in [0, 0.05) is 25.1 Å². The molecule has 2 atom stereocenters. The third-order valence-electron chi connectivity index (χ3n) is 4.83. The number of ether oxygens (including phenoxy) is 1. The molecule has 120 valence electrons. The van der Waals surface area contributed by atoms with Crippen molar-refractivity contribution in [1.29, 1.82) is 0 Å². The second-order valence-corrected chi connectivity index (χ2v) is 6.68. The second-order valence-electron chi connectivity index (χ2n) is 6.68. The summed E-state index contributed by atoms with van der Waals surface area (Å²) >= 11 is 0. The van der Waals surface area contributed by atoms with Gasteiger partial charge in [-0.15, -0.1) is 0 Å². The van der Waals surface area contributed by atoms with Crippen LogP contribution in [0.2, 0.25) is 0 Å². The zero-order valence-corrected chi connectivity index (χ0v) is 13.3. The number of rotatable bonds is 2. The first kappa shape index (κ1) is 15.3. The van der Waals surface area contributed by atoms with Crippen molar-refractivity contribution in [2.75, 3.05) is 20.1 Å². The molecule has 0 radical (unpaired) electrons. The number of hydrogen-bond acceptors (Lipinski definition) is 4. The van der Waals surface area contributed by atoms with Crippen LogP contribution in [0.1, 0.15) is 37.8 Å². The van der Waals surface area contributed by atoms with Gasteiger partial charge in [-0.1, -0.05) is 18.2 Å². The highest BCUT2D eigenvalue weighted by Gasteiger charge is 2.43. The quantitative estimate of drug-likeness (QED) is 0.867. The molecule has 5 heteroatoms. The van der Waals surface area contributed by atoms with Gasteiger partial charge in [-0.25, -0.2) is 0 Å². The predicted molar refractivity (Wildman–Crippen MR) is 85.7 cm³/mol. The summed E-state index contributed by atoms with van der Waals surface area (Å²) < 4.78 is 6.37. The number of amides is 1. The first-order valence-corrected chi connectivity index (χ1v) is 8.02. The molecule has 22 heavy (non-hydrogen) atoms. The highest BCUT2D eigenvalue weighted by Crippen LogP contribution is 2.44. The Morgan fingerprint density at radius 3 is 2.77 bits per heavy atom. The Labute approximate surface area is 131 Å². The summed E-state index contributed by atoms with van der Waals surface area (Å²) in [5.74, 6) is 0.790. The number of para-hydroxylation sites is 1. The predicted octanol–water partition coefficient (Wildman–Crippen LogP) is 1.44. The molecule has 1 aromatic rings. The monoisotopic (exact) mass is 303 g/mol. The summed E-state index contributed by atoms with van der Waals surface area (Å²) in [5.41, 5.74) is 6.60. The van der Waals surface area contributed by atoms with E-state index >= 15 is 0 Å². The van der Waals surface area contributed by atoms with Crippen molar-refractivity contribution in [2.45, 2.75) is 43.9 Å². The van der Waals surface area contributed by atoms with Crippen LogP contribution < -0.4 is 15.8 Å². The maximum atomic E-state index is 12.1. The van der Waals surface area contributed by atoms with Gasteiger partial charge in [-0.2, -0.15) is 0 Å². The van der Waals surface area contributed by atoms with Crippen LogP contribution in [-0.2, 0) is 4.79 Å². The second kappa shape index (κ2) is 5.89. The summed E-state index contributed by atoms with van der Waals surface area (Å²) in [6, 6.07) is 7.48. The van der Waals surface area contributed by atoms with E-state index in [9.17, 15) is 4.79 Å². The van der Waals surface area contributed by atoms with Crippen LogP contribution in [0.3, 0.4) is 0 Å². The summed E-state index contributed by atoms with van der Waals surface area (Å²) in [4.78, 5) is 14.4. The Bertz CT molecular complexity index is 551. The Morgan fingerprint density at radius 1 is 1.41 bits per heavy atom. The molecule has 1 aromatic carbocycles. The van der Waals surface area contributed by atoms with E-state index in [1.807, 2.05) is 24.3 Å². The van der Waals surface area contributed by atoms with Crippen molar-refractivity contribution >= 4 is 5.91 Å². The summed E-state index contributed by atoms with van der Waals surface area (Å²) in [6.07, 6.45) is 2.79. The first-order valence-electron chi connectivity index (χ1n) is 8.02. The van der Waals surface area contributed by atoms with Gasteiger partial charge in [0.15, 0.2) is 0 Å². The number of carbonyl (C=O) groups excluding carboxylic acids is 1. The van der Waals surface area contributed by atoms with E-state index in [-0.39, 0.29) is 17.6 Å². The van der Waals surface area contributed by atoms with Crippen LogP contribution in [0.4, 0.5) is 0 Å². The van der Waals surface area contributed by atoms with Crippen molar-refractivity contribution in [3.8, 4) is 5.75 Å². The highest BCUT2D eigenvalue weighted by atomic mass is 16.5. The number of fused-ring (bicyclic) bond motifs is 1. The van der Waals surface area contributed by atoms with E-state index in [4.69, 9.17) is 10.5 Å². The largest absolute Gasteiger partial charge is 0.487 e. The fourth-order valence-corrected chi connectivity index (χ4v) is 3.38. The standard InChI is InChI=1S/C17H25N3O2/c1-12(18)16(21)19-14-11-17(7-9-20(2)10-8-17)22-15-6-4-3-5-13(14)15/h3-6,12,14H,7-11,18H2,1-2H3,(H,19,21). The molecule has 1 amide bonds.